The number of hydrogen-bond donors (Lipinski definition) is 2. The quantitative estimate of drug-likeness (QED) is 0.354. The number of carbonyl (C=O) groups is 1. The van der Waals surface area contributed by atoms with Crippen molar-refractivity contribution in [1.29, 1.82) is 0 Å². The third-order valence-corrected chi connectivity index (χ3v) is 5.69. The number of nitrogens with two attached hydrogens (primary N) is 1. The molecule has 0 aliphatic carbocycles. The molecule has 0 fully saturated rings. The molecule has 0 aliphatic heterocycles. The Hall–Kier alpha value is -3.07. The Kier molecular flexibility index (Phi) is 8.10. The van der Waals surface area contributed by atoms with Gasteiger partial charge in [-0.25, -0.2) is 9.07 Å². The molecule has 3 N–H and O–H groups in total. The van der Waals surface area contributed by atoms with Gasteiger partial charge in [0.2, 0.25) is 11.1 Å². The number of rotatable bonds is 10. The summed E-state index contributed by atoms with van der Waals surface area (Å²) in [6.45, 7) is 6.41. The maximum atomic E-state index is 13.0. The van der Waals surface area contributed by atoms with Crippen LogP contribution in [-0.4, -0.2) is 26.5 Å². The Morgan fingerprint density at radius 2 is 1.81 bits per heavy atom. The zero-order valence-electron chi connectivity index (χ0n) is 18.4. The number of carbonyl (C=O) groups excluding carboxylic acids is 1. The molecule has 2 aromatic carbocycles. The average molecular weight is 458 g/mol. The Bertz CT molecular complexity index is 1020. The molecule has 1 unspecified atom stereocenters. The first kappa shape index (κ1) is 23.6. The first-order valence-electron chi connectivity index (χ1n) is 10.4. The van der Waals surface area contributed by atoms with E-state index in [1.165, 1.54) is 46.3 Å². The molecule has 0 spiro atoms. The standard InChI is InChI=1S/C23H28FN5O2S/c1-15(2)12-17-4-6-18(7-5-17)16(3)26-22(30)14-32-23-28-27-21(29(23)25)13-31-20-10-8-19(24)9-11-20/h4-11,15-16H,12-14,25H2,1-3H3,(H,26,30). The molecule has 0 saturated heterocycles. The van der Waals surface area contributed by atoms with E-state index in [0.29, 0.717) is 22.6 Å². The maximum Gasteiger partial charge on any atom is 0.230 e. The Morgan fingerprint density at radius 1 is 1.12 bits per heavy atom. The lowest BCUT2D eigenvalue weighted by Gasteiger charge is -2.15. The van der Waals surface area contributed by atoms with Gasteiger partial charge in [-0.05, 0) is 54.7 Å². The minimum absolute atomic E-state index is 0.0751. The van der Waals surface area contributed by atoms with Crippen molar-refractivity contribution in [2.45, 2.75) is 45.0 Å². The highest BCUT2D eigenvalue weighted by Gasteiger charge is 2.15. The van der Waals surface area contributed by atoms with E-state index in [0.717, 1.165) is 12.0 Å². The highest BCUT2D eigenvalue weighted by molar-refractivity contribution is 7.99. The zero-order valence-corrected chi connectivity index (χ0v) is 19.2. The molecule has 1 amide bonds. The molecule has 3 rings (SSSR count). The Labute approximate surface area is 191 Å². The van der Waals surface area contributed by atoms with Crippen molar-refractivity contribution in [3.8, 4) is 5.75 Å². The van der Waals surface area contributed by atoms with Crippen molar-refractivity contribution < 1.29 is 13.9 Å². The largest absolute Gasteiger partial charge is 0.486 e. The van der Waals surface area contributed by atoms with Crippen molar-refractivity contribution in [3.05, 3.63) is 71.3 Å². The van der Waals surface area contributed by atoms with Gasteiger partial charge >= 0.3 is 0 Å². The molecule has 1 atom stereocenters. The number of halogens is 1. The van der Waals surface area contributed by atoms with Crippen molar-refractivity contribution in [1.82, 2.24) is 20.2 Å². The molecule has 0 radical (unpaired) electrons. The lowest BCUT2D eigenvalue weighted by Crippen LogP contribution is -2.28. The lowest BCUT2D eigenvalue weighted by atomic mass is 10.00. The number of nitrogens with one attached hydrogen (secondary N) is 1. The number of aromatic nitrogens is 3. The predicted octanol–water partition coefficient (Wildman–Crippen LogP) is 3.88. The van der Waals surface area contributed by atoms with E-state index in [1.54, 1.807) is 0 Å². The summed E-state index contributed by atoms with van der Waals surface area (Å²) in [6.07, 6.45) is 1.04. The van der Waals surface area contributed by atoms with E-state index in [-0.39, 0.29) is 30.1 Å². The summed E-state index contributed by atoms with van der Waals surface area (Å²) in [7, 11) is 0. The summed E-state index contributed by atoms with van der Waals surface area (Å²) >= 11 is 1.19. The molecular weight excluding hydrogens is 429 g/mol. The second-order valence-electron chi connectivity index (χ2n) is 7.93. The van der Waals surface area contributed by atoms with Gasteiger partial charge in [0.1, 0.15) is 18.2 Å². The predicted molar refractivity (Wildman–Crippen MR) is 123 cm³/mol. The van der Waals surface area contributed by atoms with E-state index >= 15 is 0 Å². The topological polar surface area (TPSA) is 95.1 Å². The number of thioether (sulfide) groups is 1. The first-order chi connectivity index (χ1) is 15.3. The Balaban J connectivity index is 1.47. The smallest absolute Gasteiger partial charge is 0.230 e. The number of benzene rings is 2. The molecular formula is C23H28FN5O2S. The van der Waals surface area contributed by atoms with Crippen LogP contribution in [0.3, 0.4) is 0 Å². The molecule has 1 heterocycles. The van der Waals surface area contributed by atoms with Crippen LogP contribution in [0.15, 0.2) is 53.7 Å². The number of nitrogens with zero attached hydrogens (tertiary/aromatic N) is 3. The van der Waals surface area contributed by atoms with Gasteiger partial charge in [0.15, 0.2) is 5.82 Å². The monoisotopic (exact) mass is 457 g/mol. The van der Waals surface area contributed by atoms with Crippen molar-refractivity contribution in [2.24, 2.45) is 5.92 Å². The van der Waals surface area contributed by atoms with Crippen LogP contribution in [0.5, 0.6) is 5.75 Å². The van der Waals surface area contributed by atoms with Gasteiger partial charge in [-0.15, -0.1) is 10.2 Å². The van der Waals surface area contributed by atoms with E-state index in [9.17, 15) is 9.18 Å². The van der Waals surface area contributed by atoms with Crippen molar-refractivity contribution >= 4 is 17.7 Å². The molecule has 0 saturated carbocycles. The SMILES string of the molecule is CC(C)Cc1ccc(C(C)NC(=O)CSc2nnc(COc3ccc(F)cc3)n2N)cc1. The summed E-state index contributed by atoms with van der Waals surface area (Å²) in [5.74, 6) is 7.21. The van der Waals surface area contributed by atoms with Crippen LogP contribution in [0.4, 0.5) is 4.39 Å². The van der Waals surface area contributed by atoms with Crippen molar-refractivity contribution in [3.63, 3.8) is 0 Å². The average Bonchev–Trinajstić information content (AvgIpc) is 3.11. The highest BCUT2D eigenvalue weighted by atomic mass is 32.2. The zero-order chi connectivity index (χ0) is 23.1. The summed E-state index contributed by atoms with van der Waals surface area (Å²) in [5.41, 5.74) is 2.34. The van der Waals surface area contributed by atoms with Crippen LogP contribution in [0.25, 0.3) is 0 Å². The molecule has 0 bridgehead atoms. The number of hydrogen-bond acceptors (Lipinski definition) is 6. The van der Waals surface area contributed by atoms with E-state index in [4.69, 9.17) is 10.6 Å². The van der Waals surface area contributed by atoms with Gasteiger partial charge in [-0.2, -0.15) is 0 Å². The van der Waals surface area contributed by atoms with Gasteiger partial charge in [-0.3, -0.25) is 4.79 Å². The lowest BCUT2D eigenvalue weighted by molar-refractivity contribution is -0.119. The molecule has 1 aromatic heterocycles. The van der Waals surface area contributed by atoms with E-state index in [1.807, 2.05) is 6.92 Å². The van der Waals surface area contributed by atoms with Gasteiger partial charge in [0.05, 0.1) is 11.8 Å². The van der Waals surface area contributed by atoms with Gasteiger partial charge in [-0.1, -0.05) is 49.9 Å². The summed E-state index contributed by atoms with van der Waals surface area (Å²) in [5, 5.41) is 11.4. The van der Waals surface area contributed by atoms with Gasteiger partial charge in [0, 0.05) is 0 Å². The number of amides is 1. The van der Waals surface area contributed by atoms with Crippen LogP contribution >= 0.6 is 11.8 Å². The minimum atomic E-state index is -0.339. The first-order valence-corrected chi connectivity index (χ1v) is 11.4. The molecule has 0 aliphatic rings. The second kappa shape index (κ2) is 11.0. The van der Waals surface area contributed by atoms with Crippen LogP contribution in [0.2, 0.25) is 0 Å². The molecule has 170 valence electrons. The molecule has 7 nitrogen and oxygen atoms in total. The fourth-order valence-corrected chi connectivity index (χ4v) is 3.78. The summed E-state index contributed by atoms with van der Waals surface area (Å²) in [6, 6.07) is 13.9. The highest BCUT2D eigenvalue weighted by Crippen LogP contribution is 2.19. The third-order valence-electron chi connectivity index (χ3n) is 4.75. The molecule has 32 heavy (non-hydrogen) atoms. The van der Waals surface area contributed by atoms with Gasteiger partial charge in [0.25, 0.3) is 0 Å². The number of nitrogen functional groups attached to an aromatic ring is 1. The van der Waals surface area contributed by atoms with Crippen LogP contribution in [0, 0.1) is 11.7 Å². The number of ether oxygens (including phenoxy) is 1. The van der Waals surface area contributed by atoms with Crippen LogP contribution < -0.4 is 15.9 Å². The minimum Gasteiger partial charge on any atom is -0.486 e. The van der Waals surface area contributed by atoms with E-state index in [2.05, 4.69) is 53.6 Å². The van der Waals surface area contributed by atoms with Crippen LogP contribution in [-0.2, 0) is 17.8 Å². The second-order valence-corrected chi connectivity index (χ2v) is 8.87. The summed E-state index contributed by atoms with van der Waals surface area (Å²) < 4.78 is 19.8. The van der Waals surface area contributed by atoms with Crippen LogP contribution in [0.1, 0.15) is 43.8 Å². The maximum absolute atomic E-state index is 13.0. The third kappa shape index (κ3) is 6.71. The normalized spacial score (nSPS) is 12.0. The van der Waals surface area contributed by atoms with Gasteiger partial charge < -0.3 is 15.9 Å². The summed E-state index contributed by atoms with van der Waals surface area (Å²) in [4.78, 5) is 12.4. The Morgan fingerprint density at radius 3 is 2.47 bits per heavy atom. The van der Waals surface area contributed by atoms with E-state index < -0.39 is 0 Å². The molecule has 3 aromatic rings. The van der Waals surface area contributed by atoms with Crippen molar-refractivity contribution in [2.75, 3.05) is 11.6 Å². The molecule has 9 heteroatoms. The fourth-order valence-electron chi connectivity index (χ4n) is 3.09. The fraction of sp³-hybridized carbons (Fsp3) is 0.348.